The maximum absolute atomic E-state index is 12.0. The predicted molar refractivity (Wildman–Crippen MR) is 96.2 cm³/mol. The molecule has 0 saturated heterocycles. The van der Waals surface area contributed by atoms with Gasteiger partial charge < -0.3 is 10.6 Å². The van der Waals surface area contributed by atoms with Crippen molar-refractivity contribution in [2.75, 3.05) is 6.54 Å². The average molecular weight is 365 g/mol. The van der Waals surface area contributed by atoms with Gasteiger partial charge in [0.25, 0.3) is 0 Å². The van der Waals surface area contributed by atoms with E-state index >= 15 is 0 Å². The number of nitrogens with one attached hydrogen (secondary N) is 2. The molecule has 0 spiro atoms. The molecule has 2 N–H and O–H groups in total. The maximum atomic E-state index is 12.0. The fraction of sp³-hybridized carbons (Fsp3) is 0.222. The molecule has 2 amide bonds. The first-order chi connectivity index (χ1) is 11.5. The van der Waals surface area contributed by atoms with Gasteiger partial charge in [-0.15, -0.1) is 0 Å². The van der Waals surface area contributed by atoms with Crippen molar-refractivity contribution < 1.29 is 9.59 Å². The molecule has 1 unspecified atom stereocenters. The van der Waals surface area contributed by atoms with Crippen LogP contribution in [0.4, 0.5) is 0 Å². The molecule has 2 rings (SSSR count). The second-order valence-electron chi connectivity index (χ2n) is 5.39. The van der Waals surface area contributed by atoms with E-state index < -0.39 is 0 Å². The van der Waals surface area contributed by atoms with Gasteiger partial charge in [0.05, 0.1) is 19.0 Å². The first kappa shape index (κ1) is 18.3. The number of carbonyl (C=O) groups is 2. The lowest BCUT2D eigenvalue weighted by atomic mass is 10.1. The van der Waals surface area contributed by atoms with Gasteiger partial charge in [-0.25, -0.2) is 0 Å². The van der Waals surface area contributed by atoms with Crippen LogP contribution in [0.2, 0.25) is 10.0 Å². The number of halogens is 2. The van der Waals surface area contributed by atoms with Gasteiger partial charge in [0.15, 0.2) is 0 Å². The molecule has 24 heavy (non-hydrogen) atoms. The summed E-state index contributed by atoms with van der Waals surface area (Å²) in [6, 6.07) is 14.2. The molecule has 0 bridgehead atoms. The SMILES string of the molecule is CC(NC(=O)CNC(=O)Cc1ccccc1)c1ccc(Cl)cc1Cl. The second-order valence-corrected chi connectivity index (χ2v) is 6.24. The highest BCUT2D eigenvalue weighted by molar-refractivity contribution is 6.35. The van der Waals surface area contributed by atoms with Gasteiger partial charge in [-0.1, -0.05) is 59.6 Å². The van der Waals surface area contributed by atoms with Gasteiger partial charge in [-0.3, -0.25) is 9.59 Å². The zero-order chi connectivity index (χ0) is 17.5. The number of rotatable bonds is 6. The monoisotopic (exact) mass is 364 g/mol. The average Bonchev–Trinajstić information content (AvgIpc) is 2.53. The van der Waals surface area contributed by atoms with E-state index in [0.717, 1.165) is 11.1 Å². The molecular weight excluding hydrogens is 347 g/mol. The standard InChI is InChI=1S/C18H18Cl2N2O2/c1-12(15-8-7-14(19)10-16(15)20)22-18(24)11-21-17(23)9-13-5-3-2-4-6-13/h2-8,10,12H,9,11H2,1H3,(H,21,23)(H,22,24). The molecule has 0 fully saturated rings. The minimum Gasteiger partial charge on any atom is -0.348 e. The zero-order valence-electron chi connectivity index (χ0n) is 13.2. The van der Waals surface area contributed by atoms with Crippen LogP contribution in [0, 0.1) is 0 Å². The molecule has 2 aromatic carbocycles. The number of amides is 2. The summed E-state index contributed by atoms with van der Waals surface area (Å²) in [4.78, 5) is 23.8. The summed E-state index contributed by atoms with van der Waals surface area (Å²) in [5, 5.41) is 6.43. The Labute approximate surface area is 151 Å². The fourth-order valence-electron chi connectivity index (χ4n) is 2.25. The van der Waals surface area contributed by atoms with Crippen molar-refractivity contribution in [2.24, 2.45) is 0 Å². The normalized spacial score (nSPS) is 11.6. The van der Waals surface area contributed by atoms with E-state index in [1.165, 1.54) is 0 Å². The van der Waals surface area contributed by atoms with Crippen molar-refractivity contribution in [3.8, 4) is 0 Å². The Morgan fingerprint density at radius 1 is 1.04 bits per heavy atom. The van der Waals surface area contributed by atoms with Crippen LogP contribution in [0.5, 0.6) is 0 Å². The van der Waals surface area contributed by atoms with Crippen LogP contribution >= 0.6 is 23.2 Å². The zero-order valence-corrected chi connectivity index (χ0v) is 14.7. The van der Waals surface area contributed by atoms with E-state index in [1.807, 2.05) is 37.3 Å². The van der Waals surface area contributed by atoms with Crippen LogP contribution in [-0.4, -0.2) is 18.4 Å². The van der Waals surface area contributed by atoms with Crippen molar-refractivity contribution in [3.63, 3.8) is 0 Å². The summed E-state index contributed by atoms with van der Waals surface area (Å²) in [7, 11) is 0. The highest BCUT2D eigenvalue weighted by Gasteiger charge is 2.13. The number of benzene rings is 2. The molecule has 0 aliphatic rings. The van der Waals surface area contributed by atoms with Crippen molar-refractivity contribution >= 4 is 35.0 Å². The minimum atomic E-state index is -0.284. The van der Waals surface area contributed by atoms with E-state index in [9.17, 15) is 9.59 Å². The molecule has 0 radical (unpaired) electrons. The topological polar surface area (TPSA) is 58.2 Å². The van der Waals surface area contributed by atoms with E-state index in [1.54, 1.807) is 18.2 Å². The minimum absolute atomic E-state index is 0.0821. The molecule has 6 heteroatoms. The van der Waals surface area contributed by atoms with E-state index in [4.69, 9.17) is 23.2 Å². The van der Waals surface area contributed by atoms with Crippen molar-refractivity contribution in [3.05, 3.63) is 69.7 Å². The highest BCUT2D eigenvalue weighted by atomic mass is 35.5. The molecule has 0 aromatic heterocycles. The quantitative estimate of drug-likeness (QED) is 0.823. The molecule has 0 aliphatic carbocycles. The van der Waals surface area contributed by atoms with Gasteiger partial charge in [0, 0.05) is 10.0 Å². The van der Waals surface area contributed by atoms with Gasteiger partial charge in [0.1, 0.15) is 0 Å². The number of carbonyl (C=O) groups excluding carboxylic acids is 2. The van der Waals surface area contributed by atoms with E-state index in [0.29, 0.717) is 10.0 Å². The van der Waals surface area contributed by atoms with Crippen LogP contribution in [0.15, 0.2) is 48.5 Å². The lowest BCUT2D eigenvalue weighted by molar-refractivity contribution is -0.126. The number of hydrogen-bond donors (Lipinski definition) is 2. The summed E-state index contributed by atoms with van der Waals surface area (Å²) in [6.45, 7) is 1.74. The number of hydrogen-bond acceptors (Lipinski definition) is 2. The van der Waals surface area contributed by atoms with Crippen molar-refractivity contribution in [1.29, 1.82) is 0 Å². The predicted octanol–water partition coefficient (Wildman–Crippen LogP) is 3.53. The van der Waals surface area contributed by atoms with Crippen LogP contribution in [0.25, 0.3) is 0 Å². The van der Waals surface area contributed by atoms with Crippen LogP contribution in [-0.2, 0) is 16.0 Å². The molecule has 2 aromatic rings. The molecule has 0 saturated carbocycles. The highest BCUT2D eigenvalue weighted by Crippen LogP contribution is 2.25. The lowest BCUT2D eigenvalue weighted by Crippen LogP contribution is -2.38. The Morgan fingerprint density at radius 3 is 2.42 bits per heavy atom. The Hall–Kier alpha value is -2.04. The smallest absolute Gasteiger partial charge is 0.239 e. The van der Waals surface area contributed by atoms with Gasteiger partial charge in [-0.2, -0.15) is 0 Å². The first-order valence-corrected chi connectivity index (χ1v) is 8.26. The van der Waals surface area contributed by atoms with Crippen LogP contribution < -0.4 is 10.6 Å². The molecule has 1 atom stereocenters. The first-order valence-electron chi connectivity index (χ1n) is 7.50. The molecule has 0 heterocycles. The van der Waals surface area contributed by atoms with Crippen LogP contribution in [0.1, 0.15) is 24.1 Å². The maximum Gasteiger partial charge on any atom is 0.239 e. The third kappa shape index (κ3) is 5.55. The molecule has 126 valence electrons. The van der Waals surface area contributed by atoms with Crippen LogP contribution in [0.3, 0.4) is 0 Å². The summed E-state index contributed by atoms with van der Waals surface area (Å²) >= 11 is 12.0. The summed E-state index contributed by atoms with van der Waals surface area (Å²) in [5.41, 5.74) is 1.67. The van der Waals surface area contributed by atoms with Gasteiger partial charge in [-0.05, 0) is 30.2 Å². The summed E-state index contributed by atoms with van der Waals surface area (Å²) in [6.07, 6.45) is 0.243. The second kappa shape index (κ2) is 8.71. The molecular formula is C18H18Cl2N2O2. The Kier molecular flexibility index (Phi) is 6.64. The molecule has 0 aliphatic heterocycles. The summed E-state index contributed by atoms with van der Waals surface area (Å²) in [5.74, 6) is -0.483. The van der Waals surface area contributed by atoms with Crippen molar-refractivity contribution in [2.45, 2.75) is 19.4 Å². The third-order valence-electron chi connectivity index (χ3n) is 3.46. The largest absolute Gasteiger partial charge is 0.348 e. The fourth-order valence-corrected chi connectivity index (χ4v) is 2.82. The van der Waals surface area contributed by atoms with E-state index in [2.05, 4.69) is 10.6 Å². The Balaban J connectivity index is 1.81. The van der Waals surface area contributed by atoms with Gasteiger partial charge in [0.2, 0.25) is 11.8 Å². The van der Waals surface area contributed by atoms with E-state index in [-0.39, 0.29) is 30.8 Å². The Morgan fingerprint density at radius 2 is 1.75 bits per heavy atom. The third-order valence-corrected chi connectivity index (χ3v) is 4.02. The summed E-state index contributed by atoms with van der Waals surface area (Å²) < 4.78 is 0. The van der Waals surface area contributed by atoms with Gasteiger partial charge >= 0.3 is 0 Å². The van der Waals surface area contributed by atoms with Crippen molar-refractivity contribution in [1.82, 2.24) is 10.6 Å². The Bertz CT molecular complexity index is 720. The lowest BCUT2D eigenvalue weighted by Gasteiger charge is -2.16. The molecule has 4 nitrogen and oxygen atoms in total.